The first-order valence-corrected chi connectivity index (χ1v) is 5.90. The average Bonchev–Trinajstić information content (AvgIpc) is 2.77. The molecule has 0 aliphatic rings. The van der Waals surface area contributed by atoms with E-state index in [-0.39, 0.29) is 18.1 Å². The average molecular weight is 300 g/mol. The number of carboxylic acid groups (broad SMARTS) is 1. The Balaban J connectivity index is 2.12. The Morgan fingerprint density at radius 2 is 2.05 bits per heavy atom. The molecular formula is C14H11F3O4. The molecule has 0 saturated carbocycles. The number of alkyl halides is 3. The molecule has 1 heterocycles. The molecule has 0 bridgehead atoms. The largest absolute Gasteiger partial charge is 0.489 e. The second-order valence-corrected chi connectivity index (χ2v) is 4.31. The summed E-state index contributed by atoms with van der Waals surface area (Å²) >= 11 is 0. The Morgan fingerprint density at radius 1 is 1.33 bits per heavy atom. The van der Waals surface area contributed by atoms with Gasteiger partial charge in [0, 0.05) is 5.56 Å². The van der Waals surface area contributed by atoms with E-state index in [0.717, 1.165) is 12.1 Å². The third-order valence-corrected chi connectivity index (χ3v) is 2.79. The van der Waals surface area contributed by atoms with Crippen LogP contribution >= 0.6 is 0 Å². The number of aromatic carboxylic acids is 1. The molecule has 0 amide bonds. The Labute approximate surface area is 117 Å². The summed E-state index contributed by atoms with van der Waals surface area (Å²) in [4.78, 5) is 10.7. The smallest absolute Gasteiger partial charge is 0.416 e. The Morgan fingerprint density at radius 3 is 2.62 bits per heavy atom. The number of rotatable bonds is 4. The maximum Gasteiger partial charge on any atom is 0.416 e. The summed E-state index contributed by atoms with van der Waals surface area (Å²) in [6.07, 6.45) is -4.44. The standard InChI is InChI=1S/C14H11F3O4/c1-8-9(5-12(21-8)13(18)19)7-20-11-4-2-3-10(6-11)14(15,16)17/h2-6H,7H2,1H3,(H,18,19). The molecule has 0 aliphatic carbocycles. The van der Waals surface area contributed by atoms with Gasteiger partial charge in [-0.15, -0.1) is 0 Å². The maximum atomic E-state index is 12.6. The van der Waals surface area contributed by atoms with Crippen LogP contribution in [0.1, 0.15) is 27.4 Å². The molecule has 2 rings (SSSR count). The number of carboxylic acids is 1. The predicted molar refractivity (Wildman–Crippen MR) is 66.2 cm³/mol. The third kappa shape index (κ3) is 3.56. The number of ether oxygens (including phenoxy) is 1. The van der Waals surface area contributed by atoms with Gasteiger partial charge in [0.15, 0.2) is 0 Å². The van der Waals surface area contributed by atoms with Crippen LogP contribution < -0.4 is 4.74 Å². The summed E-state index contributed by atoms with van der Waals surface area (Å²) in [6, 6.07) is 5.74. The predicted octanol–water partition coefficient (Wildman–Crippen LogP) is 3.88. The lowest BCUT2D eigenvalue weighted by Crippen LogP contribution is -2.05. The van der Waals surface area contributed by atoms with Crippen molar-refractivity contribution in [1.29, 1.82) is 0 Å². The van der Waals surface area contributed by atoms with Gasteiger partial charge in [0.05, 0.1) is 5.56 Å². The third-order valence-electron chi connectivity index (χ3n) is 2.79. The van der Waals surface area contributed by atoms with Crippen molar-refractivity contribution < 1.29 is 32.2 Å². The lowest BCUT2D eigenvalue weighted by atomic mass is 10.2. The van der Waals surface area contributed by atoms with Crippen LogP contribution in [0.25, 0.3) is 0 Å². The van der Waals surface area contributed by atoms with Crippen molar-refractivity contribution in [3.63, 3.8) is 0 Å². The van der Waals surface area contributed by atoms with Crippen molar-refractivity contribution in [2.45, 2.75) is 19.7 Å². The van der Waals surface area contributed by atoms with E-state index in [9.17, 15) is 18.0 Å². The number of hydrogen-bond donors (Lipinski definition) is 1. The minimum Gasteiger partial charge on any atom is -0.489 e. The zero-order valence-corrected chi connectivity index (χ0v) is 10.9. The molecule has 1 aromatic carbocycles. The van der Waals surface area contributed by atoms with E-state index in [1.165, 1.54) is 18.2 Å². The van der Waals surface area contributed by atoms with Crippen LogP contribution in [-0.2, 0) is 12.8 Å². The van der Waals surface area contributed by atoms with Crippen molar-refractivity contribution in [3.8, 4) is 5.75 Å². The Kier molecular flexibility index (Phi) is 3.93. The van der Waals surface area contributed by atoms with Gasteiger partial charge in [-0.3, -0.25) is 0 Å². The number of halogens is 3. The monoisotopic (exact) mass is 300 g/mol. The molecule has 112 valence electrons. The SMILES string of the molecule is Cc1oc(C(=O)O)cc1COc1cccc(C(F)(F)F)c1. The van der Waals surface area contributed by atoms with Crippen LogP contribution in [0.5, 0.6) is 5.75 Å². The summed E-state index contributed by atoms with van der Waals surface area (Å²) < 4.78 is 47.9. The second-order valence-electron chi connectivity index (χ2n) is 4.31. The first-order valence-electron chi connectivity index (χ1n) is 5.90. The molecule has 0 saturated heterocycles. The summed E-state index contributed by atoms with van der Waals surface area (Å²) in [5, 5.41) is 8.77. The zero-order chi connectivity index (χ0) is 15.6. The maximum absolute atomic E-state index is 12.6. The molecule has 0 radical (unpaired) electrons. The van der Waals surface area contributed by atoms with Crippen molar-refractivity contribution >= 4 is 5.97 Å². The van der Waals surface area contributed by atoms with E-state index >= 15 is 0 Å². The Hall–Kier alpha value is -2.44. The molecule has 7 heteroatoms. The lowest BCUT2D eigenvalue weighted by Gasteiger charge is -2.09. The highest BCUT2D eigenvalue weighted by Gasteiger charge is 2.30. The highest BCUT2D eigenvalue weighted by atomic mass is 19.4. The van der Waals surface area contributed by atoms with Crippen LogP contribution in [0.3, 0.4) is 0 Å². The van der Waals surface area contributed by atoms with Crippen LogP contribution in [0.4, 0.5) is 13.2 Å². The highest BCUT2D eigenvalue weighted by Crippen LogP contribution is 2.31. The molecule has 4 nitrogen and oxygen atoms in total. The van der Waals surface area contributed by atoms with Crippen molar-refractivity contribution in [1.82, 2.24) is 0 Å². The summed E-state index contributed by atoms with van der Waals surface area (Å²) in [6.45, 7) is 1.47. The highest BCUT2D eigenvalue weighted by molar-refractivity contribution is 5.84. The molecule has 0 fully saturated rings. The van der Waals surface area contributed by atoms with E-state index < -0.39 is 17.7 Å². The van der Waals surface area contributed by atoms with Crippen molar-refractivity contribution in [3.05, 3.63) is 53.0 Å². The number of benzene rings is 1. The van der Waals surface area contributed by atoms with E-state index in [4.69, 9.17) is 14.3 Å². The van der Waals surface area contributed by atoms with Gasteiger partial charge in [0.1, 0.15) is 18.1 Å². The Bertz CT molecular complexity index is 658. The lowest BCUT2D eigenvalue weighted by molar-refractivity contribution is -0.137. The van der Waals surface area contributed by atoms with E-state index in [1.54, 1.807) is 6.92 Å². The quantitative estimate of drug-likeness (QED) is 0.930. The number of aryl methyl sites for hydroxylation is 1. The van der Waals surface area contributed by atoms with E-state index in [0.29, 0.717) is 11.3 Å². The van der Waals surface area contributed by atoms with Gasteiger partial charge in [0.25, 0.3) is 0 Å². The van der Waals surface area contributed by atoms with Gasteiger partial charge in [-0.1, -0.05) is 6.07 Å². The molecule has 0 atom stereocenters. The second kappa shape index (κ2) is 5.51. The van der Waals surface area contributed by atoms with Gasteiger partial charge in [0.2, 0.25) is 5.76 Å². The molecule has 21 heavy (non-hydrogen) atoms. The van der Waals surface area contributed by atoms with Crippen LogP contribution in [0.2, 0.25) is 0 Å². The van der Waals surface area contributed by atoms with E-state index in [2.05, 4.69) is 0 Å². The zero-order valence-electron chi connectivity index (χ0n) is 10.9. The minimum absolute atomic E-state index is 0.0438. The number of furan rings is 1. The molecule has 0 unspecified atom stereocenters. The molecule has 1 N–H and O–H groups in total. The fraction of sp³-hybridized carbons (Fsp3) is 0.214. The molecule has 0 aliphatic heterocycles. The van der Waals surface area contributed by atoms with Crippen molar-refractivity contribution in [2.24, 2.45) is 0 Å². The van der Waals surface area contributed by atoms with Crippen molar-refractivity contribution in [2.75, 3.05) is 0 Å². The van der Waals surface area contributed by atoms with Crippen LogP contribution in [0, 0.1) is 6.92 Å². The fourth-order valence-electron chi connectivity index (χ4n) is 1.69. The van der Waals surface area contributed by atoms with Crippen LogP contribution in [-0.4, -0.2) is 11.1 Å². The summed E-state index contributed by atoms with van der Waals surface area (Å²) in [7, 11) is 0. The summed E-state index contributed by atoms with van der Waals surface area (Å²) in [5.74, 6) is -1.07. The first kappa shape index (κ1) is 15.0. The number of hydrogen-bond acceptors (Lipinski definition) is 3. The summed E-state index contributed by atoms with van der Waals surface area (Å²) in [5.41, 5.74) is -0.347. The first-order chi connectivity index (χ1) is 9.77. The molecule has 2 aromatic rings. The molecule has 0 spiro atoms. The topological polar surface area (TPSA) is 59.7 Å². The van der Waals surface area contributed by atoms with Gasteiger partial charge in [-0.25, -0.2) is 4.79 Å². The van der Waals surface area contributed by atoms with Gasteiger partial charge >= 0.3 is 12.1 Å². The number of carbonyl (C=O) groups is 1. The molecule has 1 aromatic heterocycles. The normalized spacial score (nSPS) is 11.4. The fourth-order valence-corrected chi connectivity index (χ4v) is 1.69. The van der Waals surface area contributed by atoms with Gasteiger partial charge in [-0.2, -0.15) is 13.2 Å². The van der Waals surface area contributed by atoms with Gasteiger partial charge in [-0.05, 0) is 31.2 Å². The molecular weight excluding hydrogens is 289 g/mol. The minimum atomic E-state index is -4.44. The van der Waals surface area contributed by atoms with Crippen LogP contribution in [0.15, 0.2) is 34.7 Å². The van der Waals surface area contributed by atoms with E-state index in [1.807, 2.05) is 0 Å². The van der Waals surface area contributed by atoms with Gasteiger partial charge < -0.3 is 14.3 Å².